The van der Waals surface area contributed by atoms with Crippen molar-refractivity contribution in [3.05, 3.63) is 6.42 Å². The maximum absolute atomic E-state index is 10.1. The minimum Gasteiger partial charge on any atom is -0.390 e. The van der Waals surface area contributed by atoms with Crippen LogP contribution in [0.15, 0.2) is 0 Å². The van der Waals surface area contributed by atoms with Gasteiger partial charge in [0.25, 0.3) is 0 Å². The van der Waals surface area contributed by atoms with Crippen molar-refractivity contribution >= 4 is 11.6 Å². The lowest BCUT2D eigenvalue weighted by molar-refractivity contribution is -0.0718. The monoisotopic (exact) mass is 185 g/mol. The van der Waals surface area contributed by atoms with E-state index in [-0.39, 0.29) is 4.87 Å². The highest BCUT2D eigenvalue weighted by atomic mass is 35.5. The van der Waals surface area contributed by atoms with E-state index in [1.807, 2.05) is 0 Å². The summed E-state index contributed by atoms with van der Waals surface area (Å²) in [6, 6.07) is 0. The maximum atomic E-state index is 10.1. The molecule has 4 aliphatic carbocycles. The first-order chi connectivity index (χ1) is 5.57. The predicted molar refractivity (Wildman–Crippen MR) is 47.9 cm³/mol. The molecule has 0 aliphatic heterocycles. The van der Waals surface area contributed by atoms with Crippen LogP contribution in [0.3, 0.4) is 0 Å². The highest BCUT2D eigenvalue weighted by Crippen LogP contribution is 2.59. The SMILES string of the molecule is OC12[CH]C3CC(C1)CC(Cl)(C3)C2. The molecule has 0 heterocycles. The summed E-state index contributed by atoms with van der Waals surface area (Å²) in [5.41, 5.74) is -0.494. The fourth-order valence-corrected chi connectivity index (χ4v) is 4.43. The molecule has 4 aliphatic rings. The fourth-order valence-electron chi connectivity index (χ4n) is 3.78. The number of rotatable bonds is 0. The zero-order chi connectivity index (χ0) is 8.40. The Balaban J connectivity index is 1.98. The molecule has 4 bridgehead atoms. The number of aliphatic hydroxyl groups is 1. The molecule has 0 saturated heterocycles. The minimum absolute atomic E-state index is 0.0463. The molecule has 4 unspecified atom stereocenters. The smallest absolute Gasteiger partial charge is 0.0701 e. The zero-order valence-corrected chi connectivity index (χ0v) is 7.85. The molecule has 12 heavy (non-hydrogen) atoms. The van der Waals surface area contributed by atoms with Gasteiger partial charge in [-0.25, -0.2) is 0 Å². The van der Waals surface area contributed by atoms with Gasteiger partial charge in [0.2, 0.25) is 0 Å². The maximum Gasteiger partial charge on any atom is 0.0701 e. The van der Waals surface area contributed by atoms with Crippen LogP contribution in [0.4, 0.5) is 0 Å². The van der Waals surface area contributed by atoms with Gasteiger partial charge in [-0.3, -0.25) is 0 Å². The molecule has 0 amide bonds. The van der Waals surface area contributed by atoms with Gasteiger partial charge in [-0.1, -0.05) is 0 Å². The van der Waals surface area contributed by atoms with E-state index in [9.17, 15) is 5.11 Å². The lowest BCUT2D eigenvalue weighted by Gasteiger charge is -2.57. The van der Waals surface area contributed by atoms with Crippen molar-refractivity contribution < 1.29 is 5.11 Å². The lowest BCUT2D eigenvalue weighted by atomic mass is 9.54. The molecular weight excluding hydrogens is 172 g/mol. The molecule has 0 aromatic heterocycles. The van der Waals surface area contributed by atoms with Crippen LogP contribution in [-0.4, -0.2) is 15.6 Å². The van der Waals surface area contributed by atoms with E-state index in [0.717, 1.165) is 25.7 Å². The van der Waals surface area contributed by atoms with Crippen molar-refractivity contribution in [2.75, 3.05) is 0 Å². The minimum atomic E-state index is -0.494. The molecule has 0 spiro atoms. The van der Waals surface area contributed by atoms with Gasteiger partial charge in [-0.2, -0.15) is 0 Å². The predicted octanol–water partition coefficient (Wildman–Crippen LogP) is 2.12. The van der Waals surface area contributed by atoms with Gasteiger partial charge >= 0.3 is 0 Å². The van der Waals surface area contributed by atoms with E-state index in [1.54, 1.807) is 0 Å². The van der Waals surface area contributed by atoms with Gasteiger partial charge in [0.15, 0.2) is 0 Å². The van der Waals surface area contributed by atoms with Crippen LogP contribution in [0.2, 0.25) is 0 Å². The standard InChI is InChI=1S/C10H14ClO/c11-9-2-7-1-8(3-9)5-10(12,4-7)6-9/h4,7-8,12H,1-3,5-6H2. The molecule has 67 valence electrons. The van der Waals surface area contributed by atoms with E-state index in [4.69, 9.17) is 11.6 Å². The highest BCUT2D eigenvalue weighted by molar-refractivity contribution is 6.24. The lowest BCUT2D eigenvalue weighted by Crippen LogP contribution is -2.57. The van der Waals surface area contributed by atoms with Crippen LogP contribution in [0.1, 0.15) is 32.1 Å². The Morgan fingerprint density at radius 3 is 2.75 bits per heavy atom. The zero-order valence-electron chi connectivity index (χ0n) is 7.09. The van der Waals surface area contributed by atoms with E-state index >= 15 is 0 Å². The summed E-state index contributed by atoms with van der Waals surface area (Å²) in [7, 11) is 0. The van der Waals surface area contributed by atoms with Crippen molar-refractivity contribution in [3.63, 3.8) is 0 Å². The second kappa shape index (κ2) is 2.01. The van der Waals surface area contributed by atoms with Crippen molar-refractivity contribution in [3.8, 4) is 0 Å². The van der Waals surface area contributed by atoms with Crippen LogP contribution in [0, 0.1) is 18.3 Å². The van der Waals surface area contributed by atoms with Crippen LogP contribution in [0.25, 0.3) is 0 Å². The summed E-state index contributed by atoms with van der Waals surface area (Å²) >= 11 is 6.44. The average Bonchev–Trinajstić information content (AvgIpc) is 1.75. The topological polar surface area (TPSA) is 20.2 Å². The third kappa shape index (κ3) is 0.958. The Hall–Kier alpha value is 0.250. The van der Waals surface area contributed by atoms with Gasteiger partial charge in [0.05, 0.1) is 5.60 Å². The largest absolute Gasteiger partial charge is 0.390 e. The van der Waals surface area contributed by atoms with Gasteiger partial charge in [-0.15, -0.1) is 11.6 Å². The highest BCUT2D eigenvalue weighted by Gasteiger charge is 2.56. The van der Waals surface area contributed by atoms with Gasteiger partial charge in [-0.05, 0) is 50.4 Å². The van der Waals surface area contributed by atoms with Crippen LogP contribution < -0.4 is 0 Å². The molecule has 1 radical (unpaired) electrons. The number of alkyl halides is 1. The molecule has 4 saturated carbocycles. The summed E-state index contributed by atoms with van der Waals surface area (Å²) in [6.07, 6.45) is 7.45. The molecule has 4 fully saturated rings. The van der Waals surface area contributed by atoms with Gasteiger partial charge in [0, 0.05) is 4.87 Å². The van der Waals surface area contributed by atoms with Crippen molar-refractivity contribution in [2.24, 2.45) is 11.8 Å². The Morgan fingerprint density at radius 1 is 1.33 bits per heavy atom. The Labute approximate surface area is 78.1 Å². The quantitative estimate of drug-likeness (QED) is 0.574. The first kappa shape index (κ1) is 7.64. The number of hydrogen-bond donors (Lipinski definition) is 1. The molecule has 2 heteroatoms. The van der Waals surface area contributed by atoms with Crippen molar-refractivity contribution in [2.45, 2.75) is 42.6 Å². The Kier molecular flexibility index (Phi) is 1.28. The summed E-state index contributed by atoms with van der Waals surface area (Å²) in [4.78, 5) is -0.0463. The second-order valence-corrected chi connectivity index (χ2v) is 5.87. The van der Waals surface area contributed by atoms with Crippen molar-refractivity contribution in [1.82, 2.24) is 0 Å². The number of hydrogen-bond acceptors (Lipinski definition) is 1. The number of halogens is 1. The third-order valence-corrected chi connectivity index (χ3v) is 4.17. The molecule has 0 aromatic carbocycles. The molecule has 1 nitrogen and oxygen atoms in total. The first-order valence-corrected chi connectivity index (χ1v) is 5.22. The Bertz CT molecular complexity index is 192. The normalized spacial score (nSPS) is 62.5. The summed E-state index contributed by atoms with van der Waals surface area (Å²) in [5, 5.41) is 10.1. The molecular formula is C10H14ClO. The van der Waals surface area contributed by atoms with E-state index in [1.165, 1.54) is 6.42 Å². The molecule has 0 aromatic rings. The summed E-state index contributed by atoms with van der Waals surface area (Å²) < 4.78 is 0. The molecule has 4 atom stereocenters. The van der Waals surface area contributed by atoms with Crippen LogP contribution in [-0.2, 0) is 0 Å². The van der Waals surface area contributed by atoms with E-state index in [0.29, 0.717) is 11.8 Å². The second-order valence-electron chi connectivity index (χ2n) is 5.07. The fraction of sp³-hybridized carbons (Fsp3) is 0.900. The van der Waals surface area contributed by atoms with Crippen molar-refractivity contribution in [1.29, 1.82) is 0 Å². The van der Waals surface area contributed by atoms with E-state index < -0.39 is 5.60 Å². The third-order valence-electron chi connectivity index (χ3n) is 3.73. The average molecular weight is 186 g/mol. The molecule has 4 rings (SSSR count). The summed E-state index contributed by atoms with van der Waals surface area (Å²) in [6.45, 7) is 0. The van der Waals surface area contributed by atoms with E-state index in [2.05, 4.69) is 6.42 Å². The van der Waals surface area contributed by atoms with Crippen LogP contribution in [0.5, 0.6) is 0 Å². The Morgan fingerprint density at radius 2 is 2.17 bits per heavy atom. The van der Waals surface area contributed by atoms with Crippen LogP contribution >= 0.6 is 11.6 Å². The first-order valence-electron chi connectivity index (χ1n) is 4.84. The van der Waals surface area contributed by atoms with Gasteiger partial charge < -0.3 is 5.11 Å². The summed E-state index contributed by atoms with van der Waals surface area (Å²) in [5.74, 6) is 1.30. The molecule has 1 N–H and O–H groups in total. The van der Waals surface area contributed by atoms with Gasteiger partial charge in [0.1, 0.15) is 0 Å².